The summed E-state index contributed by atoms with van der Waals surface area (Å²) in [5.74, 6) is -2.69. The van der Waals surface area contributed by atoms with E-state index in [1.165, 1.54) is 17.3 Å². The van der Waals surface area contributed by atoms with Crippen molar-refractivity contribution >= 4 is 23.2 Å². The number of anilines is 1. The van der Waals surface area contributed by atoms with Crippen molar-refractivity contribution < 1.29 is 13.6 Å². The fourth-order valence-electron chi connectivity index (χ4n) is 1.80. The van der Waals surface area contributed by atoms with E-state index in [0.29, 0.717) is 12.2 Å². The van der Waals surface area contributed by atoms with E-state index in [-0.39, 0.29) is 10.6 Å². The van der Waals surface area contributed by atoms with Gasteiger partial charge >= 0.3 is 0 Å². The minimum Gasteiger partial charge on any atom is -0.308 e. The van der Waals surface area contributed by atoms with Crippen LogP contribution >= 0.6 is 11.6 Å². The van der Waals surface area contributed by atoms with Crippen LogP contribution in [0.4, 0.5) is 14.5 Å². The van der Waals surface area contributed by atoms with Crippen LogP contribution in [0.1, 0.15) is 17.3 Å². The number of carbonyl (C=O) groups is 1. The van der Waals surface area contributed by atoms with Crippen molar-refractivity contribution in [3.8, 4) is 0 Å². The van der Waals surface area contributed by atoms with Gasteiger partial charge < -0.3 is 4.90 Å². The van der Waals surface area contributed by atoms with Crippen molar-refractivity contribution in [2.75, 3.05) is 11.4 Å². The zero-order valence-corrected chi connectivity index (χ0v) is 11.4. The van der Waals surface area contributed by atoms with E-state index < -0.39 is 17.5 Å². The zero-order valence-electron chi connectivity index (χ0n) is 10.6. The minimum absolute atomic E-state index is 0.0794. The monoisotopic (exact) mass is 296 g/mol. The lowest BCUT2D eigenvalue weighted by Crippen LogP contribution is -2.31. The summed E-state index contributed by atoms with van der Waals surface area (Å²) in [4.78, 5) is 17.7. The van der Waals surface area contributed by atoms with Gasteiger partial charge in [0.15, 0.2) is 11.6 Å². The molecule has 0 aliphatic rings. The molecule has 0 bridgehead atoms. The molecule has 0 atom stereocenters. The standard InChI is InChI=1S/C14H11ClF2N2O/c1-2-19(9-3-5-18-6-4-9)14(20)10-7-12(16)13(17)8-11(10)15/h3-8H,2H2,1H3. The van der Waals surface area contributed by atoms with Gasteiger partial charge in [0.25, 0.3) is 5.91 Å². The molecule has 2 aromatic rings. The molecule has 1 amide bonds. The van der Waals surface area contributed by atoms with Crippen LogP contribution in [-0.4, -0.2) is 17.4 Å². The lowest BCUT2D eigenvalue weighted by atomic mass is 10.1. The normalized spacial score (nSPS) is 10.4. The average Bonchev–Trinajstić information content (AvgIpc) is 2.44. The summed E-state index contributed by atoms with van der Waals surface area (Å²) >= 11 is 5.82. The predicted octanol–water partition coefficient (Wildman–Crippen LogP) is 3.68. The third kappa shape index (κ3) is 2.77. The highest BCUT2D eigenvalue weighted by Crippen LogP contribution is 2.24. The summed E-state index contributed by atoms with van der Waals surface area (Å²) in [6.45, 7) is 2.13. The lowest BCUT2D eigenvalue weighted by Gasteiger charge is -2.21. The predicted molar refractivity (Wildman–Crippen MR) is 73.0 cm³/mol. The van der Waals surface area contributed by atoms with Crippen molar-refractivity contribution in [1.29, 1.82) is 0 Å². The van der Waals surface area contributed by atoms with E-state index in [1.807, 2.05) is 0 Å². The Balaban J connectivity index is 2.42. The molecule has 1 aromatic heterocycles. The minimum atomic E-state index is -1.11. The van der Waals surface area contributed by atoms with Gasteiger partial charge in [0.05, 0.1) is 10.6 Å². The molecule has 0 aliphatic carbocycles. The number of hydrogen-bond donors (Lipinski definition) is 0. The largest absolute Gasteiger partial charge is 0.308 e. The molecule has 1 aromatic carbocycles. The Morgan fingerprint density at radius 2 is 1.85 bits per heavy atom. The van der Waals surface area contributed by atoms with Gasteiger partial charge in [0, 0.05) is 24.6 Å². The maximum atomic E-state index is 13.3. The van der Waals surface area contributed by atoms with Crippen LogP contribution in [0.2, 0.25) is 5.02 Å². The first kappa shape index (κ1) is 14.4. The van der Waals surface area contributed by atoms with Crippen LogP contribution in [0.3, 0.4) is 0 Å². The molecule has 2 rings (SSSR count). The topological polar surface area (TPSA) is 33.2 Å². The first-order chi connectivity index (χ1) is 9.54. The molecule has 0 radical (unpaired) electrons. The summed E-state index contributed by atoms with van der Waals surface area (Å²) in [5.41, 5.74) is 0.525. The zero-order chi connectivity index (χ0) is 14.7. The summed E-state index contributed by atoms with van der Waals surface area (Å²) in [5, 5.41) is -0.124. The van der Waals surface area contributed by atoms with E-state index in [1.54, 1.807) is 19.1 Å². The third-order valence-corrected chi connectivity index (χ3v) is 3.09. The number of carbonyl (C=O) groups excluding carboxylic acids is 1. The first-order valence-electron chi connectivity index (χ1n) is 5.91. The molecule has 0 saturated carbocycles. The van der Waals surface area contributed by atoms with Crippen molar-refractivity contribution in [2.24, 2.45) is 0 Å². The van der Waals surface area contributed by atoms with E-state index in [0.717, 1.165) is 12.1 Å². The average molecular weight is 297 g/mol. The molecule has 0 spiro atoms. The van der Waals surface area contributed by atoms with E-state index in [2.05, 4.69) is 4.98 Å². The number of benzene rings is 1. The number of rotatable bonds is 3. The number of nitrogens with zero attached hydrogens (tertiary/aromatic N) is 2. The summed E-state index contributed by atoms with van der Waals surface area (Å²) in [6.07, 6.45) is 3.08. The third-order valence-electron chi connectivity index (χ3n) is 2.78. The molecule has 6 heteroatoms. The Kier molecular flexibility index (Phi) is 4.29. The lowest BCUT2D eigenvalue weighted by molar-refractivity contribution is 0.0988. The first-order valence-corrected chi connectivity index (χ1v) is 6.28. The Morgan fingerprint density at radius 3 is 2.45 bits per heavy atom. The van der Waals surface area contributed by atoms with Gasteiger partial charge in [-0.05, 0) is 31.2 Å². The fraction of sp³-hybridized carbons (Fsp3) is 0.143. The Bertz CT molecular complexity index is 635. The maximum absolute atomic E-state index is 13.3. The highest BCUT2D eigenvalue weighted by molar-refractivity contribution is 6.34. The maximum Gasteiger partial charge on any atom is 0.259 e. The van der Waals surface area contributed by atoms with Gasteiger partial charge in [-0.1, -0.05) is 11.6 Å². The number of hydrogen-bond acceptors (Lipinski definition) is 2. The number of aromatic nitrogens is 1. The van der Waals surface area contributed by atoms with Gasteiger partial charge in [-0.3, -0.25) is 9.78 Å². The molecular formula is C14H11ClF2N2O. The Labute approximate surface area is 119 Å². The second-order valence-corrected chi connectivity index (χ2v) is 4.41. The summed E-state index contributed by atoms with van der Waals surface area (Å²) in [6, 6.07) is 4.90. The number of halogens is 3. The fourth-order valence-corrected chi connectivity index (χ4v) is 2.03. The molecule has 20 heavy (non-hydrogen) atoms. The van der Waals surface area contributed by atoms with Gasteiger partial charge in [0.2, 0.25) is 0 Å². The number of amides is 1. The van der Waals surface area contributed by atoms with Crippen LogP contribution < -0.4 is 4.90 Å². The molecule has 0 N–H and O–H groups in total. The highest BCUT2D eigenvalue weighted by Gasteiger charge is 2.21. The van der Waals surface area contributed by atoms with E-state index in [9.17, 15) is 13.6 Å². The van der Waals surface area contributed by atoms with Gasteiger partial charge in [-0.2, -0.15) is 0 Å². The Hall–Kier alpha value is -2.01. The summed E-state index contributed by atoms with van der Waals surface area (Å²) < 4.78 is 26.3. The van der Waals surface area contributed by atoms with Gasteiger partial charge in [-0.25, -0.2) is 8.78 Å². The molecule has 0 unspecified atom stereocenters. The molecular weight excluding hydrogens is 286 g/mol. The molecule has 104 valence electrons. The van der Waals surface area contributed by atoms with Crippen molar-refractivity contribution in [1.82, 2.24) is 4.98 Å². The quantitative estimate of drug-likeness (QED) is 0.810. The second-order valence-electron chi connectivity index (χ2n) is 4.00. The molecule has 0 fully saturated rings. The van der Waals surface area contributed by atoms with Crippen LogP contribution in [0.15, 0.2) is 36.7 Å². The highest BCUT2D eigenvalue weighted by atomic mass is 35.5. The van der Waals surface area contributed by atoms with Crippen molar-refractivity contribution in [3.63, 3.8) is 0 Å². The van der Waals surface area contributed by atoms with Gasteiger partial charge in [-0.15, -0.1) is 0 Å². The summed E-state index contributed by atoms with van der Waals surface area (Å²) in [7, 11) is 0. The van der Waals surface area contributed by atoms with Crippen molar-refractivity contribution in [3.05, 3.63) is 58.9 Å². The van der Waals surface area contributed by atoms with Crippen LogP contribution in [0, 0.1) is 11.6 Å². The van der Waals surface area contributed by atoms with E-state index >= 15 is 0 Å². The van der Waals surface area contributed by atoms with Crippen LogP contribution in [0.25, 0.3) is 0 Å². The van der Waals surface area contributed by atoms with E-state index in [4.69, 9.17) is 11.6 Å². The van der Waals surface area contributed by atoms with Gasteiger partial charge in [0.1, 0.15) is 0 Å². The second kappa shape index (κ2) is 5.96. The molecule has 1 heterocycles. The molecule has 3 nitrogen and oxygen atoms in total. The smallest absolute Gasteiger partial charge is 0.259 e. The Morgan fingerprint density at radius 1 is 1.25 bits per heavy atom. The molecule has 0 saturated heterocycles. The number of pyridine rings is 1. The van der Waals surface area contributed by atoms with Crippen LogP contribution in [0.5, 0.6) is 0 Å². The van der Waals surface area contributed by atoms with Crippen molar-refractivity contribution in [2.45, 2.75) is 6.92 Å². The molecule has 0 aliphatic heterocycles. The van der Waals surface area contributed by atoms with Crippen LogP contribution in [-0.2, 0) is 0 Å². The SMILES string of the molecule is CCN(C(=O)c1cc(F)c(F)cc1Cl)c1ccncc1.